The first kappa shape index (κ1) is 16.5. The number of hydrogen-bond acceptors (Lipinski definition) is 3. The molecule has 0 aromatic heterocycles. The Hall–Kier alpha value is -1.55. The van der Waals surface area contributed by atoms with Gasteiger partial charge >= 0.3 is 5.97 Å². The van der Waals surface area contributed by atoms with Crippen molar-refractivity contribution in [2.75, 3.05) is 0 Å². The fourth-order valence-corrected chi connectivity index (χ4v) is 2.07. The molecule has 1 rings (SSSR count). The summed E-state index contributed by atoms with van der Waals surface area (Å²) < 4.78 is 5.59. The van der Waals surface area contributed by atoms with Gasteiger partial charge in [-0.15, -0.1) is 0 Å². The molecule has 0 spiro atoms. The molecule has 0 saturated heterocycles. The van der Waals surface area contributed by atoms with Gasteiger partial charge in [-0.05, 0) is 44.9 Å². The highest BCUT2D eigenvalue weighted by Crippen LogP contribution is 2.19. The van der Waals surface area contributed by atoms with Crippen molar-refractivity contribution in [1.82, 2.24) is 5.32 Å². The van der Waals surface area contributed by atoms with Crippen molar-refractivity contribution < 1.29 is 14.6 Å². The molecular weight excluding hydrogens is 254 g/mol. The molecule has 0 aliphatic heterocycles. The third-order valence-corrected chi connectivity index (χ3v) is 3.08. The summed E-state index contributed by atoms with van der Waals surface area (Å²) in [6.45, 7) is 7.94. The molecule has 20 heavy (non-hydrogen) atoms. The summed E-state index contributed by atoms with van der Waals surface area (Å²) >= 11 is 0. The monoisotopic (exact) mass is 279 g/mol. The molecule has 4 nitrogen and oxygen atoms in total. The summed E-state index contributed by atoms with van der Waals surface area (Å²) in [7, 11) is 0. The SMILES string of the molecule is CCCC(NC(C)c1ccc(OC(C)C)cc1)C(=O)O. The third-order valence-electron chi connectivity index (χ3n) is 3.08. The summed E-state index contributed by atoms with van der Waals surface area (Å²) in [6.07, 6.45) is 1.63. The van der Waals surface area contributed by atoms with E-state index < -0.39 is 12.0 Å². The maximum Gasteiger partial charge on any atom is 0.320 e. The van der Waals surface area contributed by atoms with Gasteiger partial charge in [-0.3, -0.25) is 10.1 Å². The zero-order valence-electron chi connectivity index (χ0n) is 12.7. The first-order valence-electron chi connectivity index (χ1n) is 7.19. The number of aliphatic carboxylic acids is 1. The van der Waals surface area contributed by atoms with E-state index in [1.165, 1.54) is 0 Å². The summed E-state index contributed by atoms with van der Waals surface area (Å²) in [5.41, 5.74) is 1.06. The van der Waals surface area contributed by atoms with E-state index in [1.807, 2.05) is 52.0 Å². The van der Waals surface area contributed by atoms with Gasteiger partial charge in [0.2, 0.25) is 0 Å². The number of carboxylic acids is 1. The van der Waals surface area contributed by atoms with Crippen LogP contribution in [0.4, 0.5) is 0 Å². The second-order valence-corrected chi connectivity index (χ2v) is 5.30. The summed E-state index contributed by atoms with van der Waals surface area (Å²) in [4.78, 5) is 11.1. The van der Waals surface area contributed by atoms with Crippen LogP contribution in [0.3, 0.4) is 0 Å². The molecule has 0 aliphatic carbocycles. The van der Waals surface area contributed by atoms with Crippen molar-refractivity contribution in [3.63, 3.8) is 0 Å². The summed E-state index contributed by atoms with van der Waals surface area (Å²) in [5, 5.41) is 12.3. The van der Waals surface area contributed by atoms with Crippen LogP contribution in [0.15, 0.2) is 24.3 Å². The van der Waals surface area contributed by atoms with E-state index in [1.54, 1.807) is 0 Å². The van der Waals surface area contributed by atoms with Crippen molar-refractivity contribution in [2.45, 2.75) is 58.7 Å². The molecule has 1 aromatic rings. The Morgan fingerprint density at radius 3 is 2.30 bits per heavy atom. The molecule has 0 fully saturated rings. The fourth-order valence-electron chi connectivity index (χ4n) is 2.07. The Morgan fingerprint density at radius 1 is 1.25 bits per heavy atom. The maximum atomic E-state index is 11.1. The molecule has 2 atom stereocenters. The first-order valence-corrected chi connectivity index (χ1v) is 7.19. The van der Waals surface area contributed by atoms with Crippen LogP contribution in [-0.2, 0) is 4.79 Å². The van der Waals surface area contributed by atoms with Gasteiger partial charge in [0.15, 0.2) is 0 Å². The van der Waals surface area contributed by atoms with Crippen molar-refractivity contribution in [3.05, 3.63) is 29.8 Å². The average molecular weight is 279 g/mol. The Labute approximate surface area is 121 Å². The third kappa shape index (κ3) is 5.21. The minimum Gasteiger partial charge on any atom is -0.491 e. The number of carbonyl (C=O) groups is 1. The number of carboxylic acid groups (broad SMARTS) is 1. The van der Waals surface area contributed by atoms with E-state index in [2.05, 4.69) is 5.32 Å². The molecule has 0 amide bonds. The lowest BCUT2D eigenvalue weighted by molar-refractivity contribution is -0.139. The standard InChI is InChI=1S/C16H25NO3/c1-5-6-15(16(18)19)17-12(4)13-7-9-14(10-8-13)20-11(2)3/h7-12,15,17H,5-6H2,1-4H3,(H,18,19). The van der Waals surface area contributed by atoms with E-state index in [9.17, 15) is 4.79 Å². The van der Waals surface area contributed by atoms with E-state index >= 15 is 0 Å². The molecule has 0 bridgehead atoms. The minimum atomic E-state index is -0.793. The topological polar surface area (TPSA) is 58.6 Å². The van der Waals surface area contributed by atoms with E-state index in [0.29, 0.717) is 6.42 Å². The van der Waals surface area contributed by atoms with Crippen LogP contribution in [-0.4, -0.2) is 23.2 Å². The lowest BCUT2D eigenvalue weighted by atomic mass is 10.1. The molecule has 0 aliphatic rings. The molecule has 0 radical (unpaired) electrons. The highest BCUT2D eigenvalue weighted by Gasteiger charge is 2.19. The molecular formula is C16H25NO3. The highest BCUT2D eigenvalue weighted by molar-refractivity contribution is 5.73. The zero-order chi connectivity index (χ0) is 15.1. The second kappa shape index (κ2) is 7.90. The van der Waals surface area contributed by atoms with Crippen LogP contribution in [0.1, 0.15) is 52.1 Å². The maximum absolute atomic E-state index is 11.1. The van der Waals surface area contributed by atoms with Crippen LogP contribution < -0.4 is 10.1 Å². The van der Waals surface area contributed by atoms with Crippen molar-refractivity contribution in [2.24, 2.45) is 0 Å². The summed E-state index contributed by atoms with van der Waals surface area (Å²) in [6, 6.07) is 7.28. The Kier molecular flexibility index (Phi) is 6.52. The molecule has 4 heteroatoms. The van der Waals surface area contributed by atoms with Crippen LogP contribution in [0.2, 0.25) is 0 Å². The van der Waals surface area contributed by atoms with E-state index in [4.69, 9.17) is 9.84 Å². The first-order chi connectivity index (χ1) is 9.43. The van der Waals surface area contributed by atoms with Crippen LogP contribution >= 0.6 is 0 Å². The van der Waals surface area contributed by atoms with Gasteiger partial charge in [0.05, 0.1) is 6.10 Å². The van der Waals surface area contributed by atoms with Gasteiger partial charge in [-0.1, -0.05) is 25.5 Å². The number of hydrogen-bond donors (Lipinski definition) is 2. The molecule has 0 saturated carbocycles. The largest absolute Gasteiger partial charge is 0.491 e. The molecule has 2 unspecified atom stereocenters. The van der Waals surface area contributed by atoms with E-state index in [-0.39, 0.29) is 12.1 Å². The van der Waals surface area contributed by atoms with Gasteiger partial charge in [-0.2, -0.15) is 0 Å². The van der Waals surface area contributed by atoms with E-state index in [0.717, 1.165) is 17.7 Å². The van der Waals surface area contributed by atoms with Crippen LogP contribution in [0.5, 0.6) is 5.75 Å². The second-order valence-electron chi connectivity index (χ2n) is 5.30. The number of benzene rings is 1. The van der Waals surface area contributed by atoms with Gasteiger partial charge < -0.3 is 9.84 Å². The van der Waals surface area contributed by atoms with Gasteiger partial charge in [0, 0.05) is 6.04 Å². The highest BCUT2D eigenvalue weighted by atomic mass is 16.5. The quantitative estimate of drug-likeness (QED) is 0.766. The molecule has 1 aromatic carbocycles. The number of ether oxygens (including phenoxy) is 1. The number of rotatable bonds is 8. The Balaban J connectivity index is 2.66. The normalized spacial score (nSPS) is 14.1. The van der Waals surface area contributed by atoms with Crippen molar-refractivity contribution in [1.29, 1.82) is 0 Å². The number of nitrogens with one attached hydrogen (secondary N) is 1. The van der Waals surface area contributed by atoms with Gasteiger partial charge in [0.25, 0.3) is 0 Å². The minimum absolute atomic E-state index is 0.00394. The van der Waals surface area contributed by atoms with Gasteiger partial charge in [0.1, 0.15) is 11.8 Å². The van der Waals surface area contributed by atoms with Crippen molar-refractivity contribution >= 4 is 5.97 Å². The Bertz CT molecular complexity index is 414. The molecule has 0 heterocycles. The Morgan fingerprint density at radius 2 is 1.85 bits per heavy atom. The smallest absolute Gasteiger partial charge is 0.320 e. The summed E-state index contributed by atoms with van der Waals surface area (Å²) in [5.74, 6) is 0.0396. The predicted octanol–water partition coefficient (Wildman–Crippen LogP) is 3.38. The van der Waals surface area contributed by atoms with Crippen molar-refractivity contribution in [3.8, 4) is 5.75 Å². The lowest BCUT2D eigenvalue weighted by Crippen LogP contribution is -2.38. The fraction of sp³-hybridized carbons (Fsp3) is 0.562. The molecule has 112 valence electrons. The zero-order valence-corrected chi connectivity index (χ0v) is 12.7. The predicted molar refractivity (Wildman–Crippen MR) is 80.1 cm³/mol. The average Bonchev–Trinajstić information content (AvgIpc) is 2.38. The molecule has 2 N–H and O–H groups in total. The van der Waals surface area contributed by atoms with Gasteiger partial charge in [-0.25, -0.2) is 0 Å². The van der Waals surface area contributed by atoms with Crippen LogP contribution in [0, 0.1) is 0 Å². The van der Waals surface area contributed by atoms with Crippen LogP contribution in [0.25, 0.3) is 0 Å². The lowest BCUT2D eigenvalue weighted by Gasteiger charge is -2.20.